The summed E-state index contributed by atoms with van der Waals surface area (Å²) in [5.41, 5.74) is 6.97. The van der Waals surface area contributed by atoms with Gasteiger partial charge in [-0.15, -0.1) is 0 Å². The standard InChI is InChI=1S/C25H23N3O/c1-18-8-2-3-10-21(18)19-16-24(28-17-19)22-11-4-5-12-23(22)25(29)27-15-13-20-9-6-7-14-26-20/h2-12,14,16H,13,15,17H2,1H3,(H,27,29). The number of hydrogen-bond acceptors (Lipinski definition) is 3. The third-order valence-corrected chi connectivity index (χ3v) is 5.06. The van der Waals surface area contributed by atoms with Crippen LogP contribution in [0.2, 0.25) is 0 Å². The van der Waals surface area contributed by atoms with E-state index in [4.69, 9.17) is 4.99 Å². The molecule has 1 aromatic heterocycles. The molecule has 0 bridgehead atoms. The minimum Gasteiger partial charge on any atom is -0.352 e. The summed E-state index contributed by atoms with van der Waals surface area (Å²) >= 11 is 0. The van der Waals surface area contributed by atoms with Gasteiger partial charge in [0, 0.05) is 36.0 Å². The van der Waals surface area contributed by atoms with Crippen LogP contribution in [0, 0.1) is 6.92 Å². The molecule has 0 spiro atoms. The third kappa shape index (κ3) is 4.32. The quantitative estimate of drug-likeness (QED) is 0.694. The minimum absolute atomic E-state index is 0.0861. The van der Waals surface area contributed by atoms with E-state index in [9.17, 15) is 4.79 Å². The van der Waals surface area contributed by atoms with Crippen molar-refractivity contribution in [2.75, 3.05) is 13.1 Å². The zero-order valence-electron chi connectivity index (χ0n) is 16.4. The van der Waals surface area contributed by atoms with Crippen molar-refractivity contribution in [2.45, 2.75) is 13.3 Å². The molecule has 4 heteroatoms. The van der Waals surface area contributed by atoms with Crippen LogP contribution in [0.4, 0.5) is 0 Å². The Balaban J connectivity index is 1.50. The van der Waals surface area contributed by atoms with Gasteiger partial charge in [0.15, 0.2) is 0 Å². The summed E-state index contributed by atoms with van der Waals surface area (Å²) in [6.45, 7) is 3.29. The molecule has 29 heavy (non-hydrogen) atoms. The Kier molecular flexibility index (Phi) is 5.61. The molecule has 1 N–H and O–H groups in total. The number of rotatable bonds is 6. The molecule has 2 heterocycles. The van der Waals surface area contributed by atoms with Gasteiger partial charge in [0.1, 0.15) is 0 Å². The Morgan fingerprint density at radius 1 is 0.966 bits per heavy atom. The second kappa shape index (κ2) is 8.65. The lowest BCUT2D eigenvalue weighted by Gasteiger charge is -2.09. The van der Waals surface area contributed by atoms with Gasteiger partial charge in [0.05, 0.1) is 12.3 Å². The van der Waals surface area contributed by atoms with E-state index in [2.05, 4.69) is 35.4 Å². The SMILES string of the molecule is Cc1ccccc1C1=CC(c2ccccc2C(=O)NCCc2ccccn2)=NC1. The first-order valence-electron chi connectivity index (χ1n) is 9.81. The van der Waals surface area contributed by atoms with Crippen LogP contribution in [0.15, 0.2) is 84.0 Å². The lowest BCUT2D eigenvalue weighted by atomic mass is 9.98. The molecule has 1 aliphatic heterocycles. The third-order valence-electron chi connectivity index (χ3n) is 5.06. The first-order chi connectivity index (χ1) is 14.2. The van der Waals surface area contributed by atoms with Crippen LogP contribution in [0.3, 0.4) is 0 Å². The summed E-state index contributed by atoms with van der Waals surface area (Å²) in [6.07, 6.45) is 4.57. The van der Waals surface area contributed by atoms with Crippen molar-refractivity contribution in [3.8, 4) is 0 Å². The molecule has 0 atom stereocenters. The van der Waals surface area contributed by atoms with Gasteiger partial charge in [-0.25, -0.2) is 0 Å². The number of amides is 1. The first kappa shape index (κ1) is 18.8. The predicted molar refractivity (Wildman–Crippen MR) is 117 cm³/mol. The van der Waals surface area contributed by atoms with E-state index in [-0.39, 0.29) is 5.91 Å². The number of aliphatic imine (C=N–C) groups is 1. The number of aryl methyl sites for hydroxylation is 1. The predicted octanol–water partition coefficient (Wildman–Crippen LogP) is 4.25. The molecule has 144 valence electrons. The summed E-state index contributed by atoms with van der Waals surface area (Å²) in [4.78, 5) is 21.8. The van der Waals surface area contributed by atoms with Crippen molar-refractivity contribution in [3.63, 3.8) is 0 Å². The van der Waals surface area contributed by atoms with Gasteiger partial charge in [-0.1, -0.05) is 48.5 Å². The molecule has 4 nitrogen and oxygen atoms in total. The van der Waals surface area contributed by atoms with Gasteiger partial charge >= 0.3 is 0 Å². The monoisotopic (exact) mass is 381 g/mol. The fraction of sp³-hybridized carbons (Fsp3) is 0.160. The van der Waals surface area contributed by atoms with Crippen LogP contribution in [0.1, 0.15) is 32.7 Å². The minimum atomic E-state index is -0.0861. The van der Waals surface area contributed by atoms with Gasteiger partial charge in [0.25, 0.3) is 5.91 Å². The molecule has 2 aromatic carbocycles. The summed E-state index contributed by atoms with van der Waals surface area (Å²) in [5, 5.41) is 3.01. The molecule has 4 rings (SSSR count). The number of nitrogens with zero attached hydrogens (tertiary/aromatic N) is 2. The second-order valence-electron chi connectivity index (χ2n) is 7.06. The number of aromatic nitrogens is 1. The van der Waals surface area contributed by atoms with E-state index in [1.54, 1.807) is 6.20 Å². The van der Waals surface area contributed by atoms with E-state index in [1.807, 2.05) is 54.6 Å². The van der Waals surface area contributed by atoms with Gasteiger partial charge in [-0.05, 0) is 47.9 Å². The van der Waals surface area contributed by atoms with Crippen molar-refractivity contribution in [1.29, 1.82) is 0 Å². The van der Waals surface area contributed by atoms with Crippen molar-refractivity contribution < 1.29 is 4.79 Å². The zero-order chi connectivity index (χ0) is 20.1. The van der Waals surface area contributed by atoms with Crippen molar-refractivity contribution in [2.24, 2.45) is 4.99 Å². The second-order valence-corrected chi connectivity index (χ2v) is 7.06. The Bertz CT molecular complexity index is 1080. The van der Waals surface area contributed by atoms with Crippen molar-refractivity contribution >= 4 is 17.2 Å². The van der Waals surface area contributed by atoms with Crippen LogP contribution >= 0.6 is 0 Å². The van der Waals surface area contributed by atoms with Crippen molar-refractivity contribution in [3.05, 3.63) is 107 Å². The number of hydrogen-bond donors (Lipinski definition) is 1. The van der Waals surface area contributed by atoms with E-state index in [0.29, 0.717) is 25.1 Å². The molecular weight excluding hydrogens is 358 g/mol. The van der Waals surface area contributed by atoms with E-state index < -0.39 is 0 Å². The smallest absolute Gasteiger partial charge is 0.251 e. The number of allylic oxidation sites excluding steroid dienone is 1. The first-order valence-corrected chi connectivity index (χ1v) is 9.81. The van der Waals surface area contributed by atoms with Crippen LogP contribution < -0.4 is 5.32 Å². The number of pyridine rings is 1. The van der Waals surface area contributed by atoms with Crippen LogP contribution in [-0.4, -0.2) is 29.7 Å². The maximum atomic E-state index is 12.8. The Morgan fingerprint density at radius 2 is 1.72 bits per heavy atom. The maximum absolute atomic E-state index is 12.8. The molecule has 0 saturated carbocycles. The topological polar surface area (TPSA) is 54.4 Å². The largest absolute Gasteiger partial charge is 0.352 e. The lowest BCUT2D eigenvalue weighted by molar-refractivity contribution is 0.0954. The Hall–Kier alpha value is -3.53. The Morgan fingerprint density at radius 3 is 2.52 bits per heavy atom. The highest BCUT2D eigenvalue weighted by Gasteiger charge is 2.18. The molecule has 3 aromatic rings. The van der Waals surface area contributed by atoms with Crippen LogP contribution in [0.25, 0.3) is 5.57 Å². The molecule has 0 unspecified atom stereocenters. The summed E-state index contributed by atoms with van der Waals surface area (Å²) < 4.78 is 0. The fourth-order valence-corrected chi connectivity index (χ4v) is 3.54. The Labute approximate surface area is 171 Å². The molecule has 1 amide bonds. The number of nitrogens with one attached hydrogen (secondary N) is 1. The number of carbonyl (C=O) groups excluding carboxylic acids is 1. The average molecular weight is 381 g/mol. The summed E-state index contributed by atoms with van der Waals surface area (Å²) in [6, 6.07) is 21.8. The molecule has 0 aliphatic carbocycles. The van der Waals surface area contributed by atoms with Crippen LogP contribution in [-0.2, 0) is 6.42 Å². The summed E-state index contributed by atoms with van der Waals surface area (Å²) in [7, 11) is 0. The molecule has 0 radical (unpaired) electrons. The van der Waals surface area contributed by atoms with Gasteiger partial charge in [-0.2, -0.15) is 0 Å². The fourth-order valence-electron chi connectivity index (χ4n) is 3.54. The zero-order valence-corrected chi connectivity index (χ0v) is 16.4. The molecule has 0 saturated heterocycles. The van der Waals surface area contributed by atoms with E-state index >= 15 is 0 Å². The number of carbonyl (C=O) groups is 1. The molecule has 0 fully saturated rings. The highest BCUT2D eigenvalue weighted by molar-refractivity contribution is 6.19. The summed E-state index contributed by atoms with van der Waals surface area (Å²) in [5.74, 6) is -0.0861. The highest BCUT2D eigenvalue weighted by Crippen LogP contribution is 2.25. The van der Waals surface area contributed by atoms with Crippen LogP contribution in [0.5, 0.6) is 0 Å². The van der Waals surface area contributed by atoms with E-state index in [1.165, 1.54) is 16.7 Å². The van der Waals surface area contributed by atoms with Gasteiger partial charge < -0.3 is 5.32 Å². The van der Waals surface area contributed by atoms with Crippen molar-refractivity contribution in [1.82, 2.24) is 10.3 Å². The lowest BCUT2D eigenvalue weighted by Crippen LogP contribution is -2.27. The maximum Gasteiger partial charge on any atom is 0.251 e. The highest BCUT2D eigenvalue weighted by atomic mass is 16.1. The average Bonchev–Trinajstić information content (AvgIpc) is 3.24. The van der Waals surface area contributed by atoms with Gasteiger partial charge in [-0.3, -0.25) is 14.8 Å². The van der Waals surface area contributed by atoms with Gasteiger partial charge in [0.2, 0.25) is 0 Å². The van der Waals surface area contributed by atoms with E-state index in [0.717, 1.165) is 17.0 Å². The molecule has 1 aliphatic rings. The molecular formula is C25H23N3O. The normalized spacial score (nSPS) is 13.0. The number of benzene rings is 2.